The van der Waals surface area contributed by atoms with Crippen molar-refractivity contribution in [2.24, 2.45) is 0 Å². The highest BCUT2D eigenvalue weighted by Gasteiger charge is 2.07. The Morgan fingerprint density at radius 1 is 1.53 bits per heavy atom. The number of hydrogen-bond acceptors (Lipinski definition) is 5. The van der Waals surface area contributed by atoms with Gasteiger partial charge in [0.05, 0.1) is 11.4 Å². The van der Waals surface area contributed by atoms with E-state index in [1.807, 2.05) is 0 Å². The van der Waals surface area contributed by atoms with E-state index in [0.29, 0.717) is 33.7 Å². The first kappa shape index (κ1) is 13.7. The molecule has 0 aliphatic rings. The summed E-state index contributed by atoms with van der Waals surface area (Å²) in [5.74, 6) is 0.475. The van der Waals surface area contributed by atoms with Gasteiger partial charge in [-0.1, -0.05) is 23.4 Å². The largest absolute Gasteiger partial charge is 0.397 e. The number of halogens is 1. The van der Waals surface area contributed by atoms with Crippen LogP contribution >= 0.6 is 23.4 Å². The van der Waals surface area contributed by atoms with Crippen LogP contribution in [0.5, 0.6) is 0 Å². The van der Waals surface area contributed by atoms with Crippen molar-refractivity contribution in [3.8, 4) is 0 Å². The fraction of sp³-hybridized carbons (Fsp3) is 0.182. The molecule has 19 heavy (non-hydrogen) atoms. The number of benzene rings is 1. The summed E-state index contributed by atoms with van der Waals surface area (Å²) >= 11 is 7.27. The molecule has 100 valence electrons. The van der Waals surface area contributed by atoms with E-state index in [-0.39, 0.29) is 5.91 Å². The Balaban J connectivity index is 1.82. The van der Waals surface area contributed by atoms with Gasteiger partial charge in [0.25, 0.3) is 0 Å². The van der Waals surface area contributed by atoms with E-state index in [4.69, 9.17) is 17.3 Å². The number of nitrogen functional groups attached to an aromatic ring is 1. The number of aromatic nitrogens is 3. The number of nitrogens with one attached hydrogen (secondary N) is 2. The van der Waals surface area contributed by atoms with Crippen LogP contribution in [0.15, 0.2) is 29.7 Å². The lowest BCUT2D eigenvalue weighted by molar-refractivity contribution is -0.115. The third-order valence-corrected chi connectivity index (χ3v) is 3.36. The summed E-state index contributed by atoms with van der Waals surface area (Å²) in [4.78, 5) is 15.7. The second-order valence-electron chi connectivity index (χ2n) is 3.67. The van der Waals surface area contributed by atoms with Gasteiger partial charge in [-0.15, -0.1) is 0 Å². The third kappa shape index (κ3) is 4.15. The molecule has 0 atom stereocenters. The van der Waals surface area contributed by atoms with Crippen LogP contribution in [0.2, 0.25) is 5.02 Å². The van der Waals surface area contributed by atoms with E-state index in [2.05, 4.69) is 20.5 Å². The molecule has 4 N–H and O–H groups in total. The van der Waals surface area contributed by atoms with Crippen molar-refractivity contribution in [3.63, 3.8) is 0 Å². The number of nitrogens with two attached hydrogens (primary N) is 1. The molecule has 0 spiro atoms. The van der Waals surface area contributed by atoms with Crippen molar-refractivity contribution >= 4 is 40.6 Å². The van der Waals surface area contributed by atoms with Crippen molar-refractivity contribution in [1.82, 2.24) is 15.2 Å². The van der Waals surface area contributed by atoms with Crippen LogP contribution < -0.4 is 11.1 Å². The number of amides is 1. The fourth-order valence-corrected chi connectivity index (χ4v) is 2.25. The van der Waals surface area contributed by atoms with Gasteiger partial charge in [0.15, 0.2) is 5.16 Å². The Labute approximate surface area is 119 Å². The normalized spacial score (nSPS) is 10.4. The Kier molecular flexibility index (Phi) is 4.64. The first-order valence-corrected chi connectivity index (χ1v) is 6.84. The summed E-state index contributed by atoms with van der Waals surface area (Å²) in [5, 5.41) is 10.4. The SMILES string of the molecule is Nc1ccc(Cl)cc1NC(=O)CCSc1ncn[nH]1. The number of anilines is 2. The first-order valence-electron chi connectivity index (χ1n) is 5.48. The molecule has 8 heteroatoms. The Hall–Kier alpha value is -1.73. The minimum absolute atomic E-state index is 0.124. The van der Waals surface area contributed by atoms with Crippen LogP contribution in [0.3, 0.4) is 0 Å². The van der Waals surface area contributed by atoms with E-state index in [1.165, 1.54) is 18.1 Å². The number of hydrogen-bond donors (Lipinski definition) is 3. The lowest BCUT2D eigenvalue weighted by Crippen LogP contribution is -2.13. The number of H-pyrrole nitrogens is 1. The summed E-state index contributed by atoms with van der Waals surface area (Å²) in [6, 6.07) is 4.95. The molecule has 1 aromatic carbocycles. The van der Waals surface area contributed by atoms with E-state index >= 15 is 0 Å². The molecule has 0 fully saturated rings. The van der Waals surface area contributed by atoms with Crippen LogP contribution in [0.1, 0.15) is 6.42 Å². The smallest absolute Gasteiger partial charge is 0.225 e. The van der Waals surface area contributed by atoms with Crippen molar-refractivity contribution in [1.29, 1.82) is 0 Å². The van der Waals surface area contributed by atoms with Gasteiger partial charge in [0.1, 0.15) is 6.33 Å². The molecule has 1 heterocycles. The van der Waals surface area contributed by atoms with Crippen LogP contribution in [-0.2, 0) is 4.79 Å². The lowest BCUT2D eigenvalue weighted by atomic mass is 10.2. The summed E-state index contributed by atoms with van der Waals surface area (Å²) in [5.41, 5.74) is 6.76. The van der Waals surface area contributed by atoms with Crippen LogP contribution in [0.25, 0.3) is 0 Å². The molecule has 0 saturated heterocycles. The molecule has 0 radical (unpaired) electrons. The topological polar surface area (TPSA) is 96.7 Å². The molecule has 1 aromatic heterocycles. The highest BCUT2D eigenvalue weighted by atomic mass is 35.5. The molecule has 0 aliphatic heterocycles. The maximum atomic E-state index is 11.7. The summed E-state index contributed by atoms with van der Waals surface area (Å²) in [6.07, 6.45) is 1.77. The predicted octanol–water partition coefficient (Wildman–Crippen LogP) is 2.16. The Bertz CT molecular complexity index is 560. The van der Waals surface area contributed by atoms with Gasteiger partial charge in [-0.2, -0.15) is 5.10 Å². The van der Waals surface area contributed by atoms with Gasteiger partial charge >= 0.3 is 0 Å². The second-order valence-corrected chi connectivity index (χ2v) is 5.19. The van der Waals surface area contributed by atoms with Crippen molar-refractivity contribution in [3.05, 3.63) is 29.5 Å². The summed E-state index contributed by atoms with van der Waals surface area (Å²) < 4.78 is 0. The summed E-state index contributed by atoms with van der Waals surface area (Å²) in [6.45, 7) is 0. The molecule has 2 aromatic rings. The molecule has 0 unspecified atom stereocenters. The first-order chi connectivity index (χ1) is 9.15. The van der Waals surface area contributed by atoms with Crippen LogP contribution in [0, 0.1) is 0 Å². The highest BCUT2D eigenvalue weighted by Crippen LogP contribution is 2.23. The van der Waals surface area contributed by atoms with Gasteiger partial charge in [0.2, 0.25) is 5.91 Å². The number of nitrogens with zero attached hydrogens (tertiary/aromatic N) is 2. The van der Waals surface area contributed by atoms with E-state index < -0.39 is 0 Å². The van der Waals surface area contributed by atoms with Crippen molar-refractivity contribution in [2.75, 3.05) is 16.8 Å². The minimum Gasteiger partial charge on any atom is -0.397 e. The van der Waals surface area contributed by atoms with Gasteiger partial charge in [-0.05, 0) is 18.2 Å². The molecule has 0 bridgehead atoms. The predicted molar refractivity (Wildman–Crippen MR) is 76.2 cm³/mol. The van der Waals surface area contributed by atoms with Crippen molar-refractivity contribution in [2.45, 2.75) is 11.6 Å². The maximum absolute atomic E-state index is 11.7. The zero-order valence-corrected chi connectivity index (χ0v) is 11.5. The second kappa shape index (κ2) is 6.44. The Morgan fingerprint density at radius 2 is 2.37 bits per heavy atom. The number of aromatic amines is 1. The number of carbonyl (C=O) groups excluding carboxylic acids is 1. The van der Waals surface area contributed by atoms with E-state index in [1.54, 1.807) is 18.2 Å². The van der Waals surface area contributed by atoms with Crippen LogP contribution in [-0.4, -0.2) is 26.8 Å². The monoisotopic (exact) mass is 297 g/mol. The number of rotatable bonds is 5. The minimum atomic E-state index is -0.124. The van der Waals surface area contributed by atoms with Gasteiger partial charge < -0.3 is 11.1 Å². The summed E-state index contributed by atoms with van der Waals surface area (Å²) in [7, 11) is 0. The number of carbonyl (C=O) groups is 1. The molecule has 1 amide bonds. The average molecular weight is 298 g/mol. The zero-order chi connectivity index (χ0) is 13.7. The molecule has 6 nitrogen and oxygen atoms in total. The molecular weight excluding hydrogens is 286 g/mol. The van der Waals surface area contributed by atoms with Gasteiger partial charge in [-0.25, -0.2) is 4.98 Å². The van der Waals surface area contributed by atoms with Gasteiger partial charge in [0, 0.05) is 17.2 Å². The van der Waals surface area contributed by atoms with E-state index in [9.17, 15) is 4.79 Å². The van der Waals surface area contributed by atoms with Crippen LogP contribution in [0.4, 0.5) is 11.4 Å². The quantitative estimate of drug-likeness (QED) is 0.580. The van der Waals surface area contributed by atoms with E-state index in [0.717, 1.165) is 0 Å². The third-order valence-electron chi connectivity index (χ3n) is 2.25. The molecular formula is C11H12ClN5OS. The maximum Gasteiger partial charge on any atom is 0.225 e. The van der Waals surface area contributed by atoms with Crippen molar-refractivity contribution < 1.29 is 4.79 Å². The zero-order valence-electron chi connectivity index (χ0n) is 9.89. The molecule has 0 saturated carbocycles. The average Bonchev–Trinajstić information content (AvgIpc) is 2.87. The highest BCUT2D eigenvalue weighted by molar-refractivity contribution is 7.99. The molecule has 0 aliphatic carbocycles. The Morgan fingerprint density at radius 3 is 3.11 bits per heavy atom. The molecule has 2 rings (SSSR count). The fourth-order valence-electron chi connectivity index (χ4n) is 1.35. The lowest BCUT2D eigenvalue weighted by Gasteiger charge is -2.08. The number of thioether (sulfide) groups is 1. The van der Waals surface area contributed by atoms with Gasteiger partial charge in [-0.3, -0.25) is 9.89 Å². The standard InChI is InChI=1S/C11H12ClN5OS/c12-7-1-2-8(13)9(5-7)16-10(18)3-4-19-11-14-6-15-17-11/h1-2,5-6H,3-4,13H2,(H,16,18)(H,14,15,17).